The highest BCUT2D eigenvalue weighted by atomic mass is 16.6. The Morgan fingerprint density at radius 3 is 2.22 bits per heavy atom. The molecule has 1 heterocycles. The summed E-state index contributed by atoms with van der Waals surface area (Å²) in [6.45, 7) is 10.1. The van der Waals surface area contributed by atoms with Crippen molar-refractivity contribution < 1.29 is 14.3 Å². The molecule has 2 aromatic carbocycles. The van der Waals surface area contributed by atoms with E-state index in [1.807, 2.05) is 63.2 Å². The van der Waals surface area contributed by atoms with Crippen LogP contribution in [0.2, 0.25) is 0 Å². The van der Waals surface area contributed by atoms with Crippen LogP contribution in [0.15, 0.2) is 54.6 Å². The van der Waals surface area contributed by atoms with E-state index >= 15 is 0 Å². The van der Waals surface area contributed by atoms with Crippen molar-refractivity contribution in [1.82, 2.24) is 4.98 Å². The van der Waals surface area contributed by atoms with Crippen molar-refractivity contribution in [3.8, 4) is 22.4 Å². The number of amides is 2. The van der Waals surface area contributed by atoms with E-state index in [0.717, 1.165) is 22.4 Å². The van der Waals surface area contributed by atoms with Gasteiger partial charge in [0.2, 0.25) is 5.91 Å². The summed E-state index contributed by atoms with van der Waals surface area (Å²) in [6, 6.07) is 16.9. The smallest absolute Gasteiger partial charge is 0.414 e. The van der Waals surface area contributed by atoms with Crippen LogP contribution < -0.4 is 16.4 Å². The zero-order chi connectivity index (χ0) is 26.6. The first-order valence-electron chi connectivity index (χ1n) is 12.1. The van der Waals surface area contributed by atoms with Gasteiger partial charge in [0.1, 0.15) is 5.60 Å². The van der Waals surface area contributed by atoms with Gasteiger partial charge in [0.05, 0.1) is 17.1 Å². The van der Waals surface area contributed by atoms with Gasteiger partial charge in [-0.05, 0) is 56.4 Å². The molecule has 0 unspecified atom stereocenters. The Morgan fingerprint density at radius 1 is 1.03 bits per heavy atom. The predicted octanol–water partition coefficient (Wildman–Crippen LogP) is 5.54. The maximum atomic E-state index is 13.2. The maximum Gasteiger partial charge on any atom is 0.414 e. The first-order valence-corrected chi connectivity index (χ1v) is 12.1. The molecule has 0 atom stereocenters. The molecule has 7 heteroatoms. The Morgan fingerprint density at radius 2 is 1.67 bits per heavy atom. The van der Waals surface area contributed by atoms with E-state index in [9.17, 15) is 9.59 Å². The topological polar surface area (TPSA) is 112 Å². The number of benzene rings is 2. The van der Waals surface area contributed by atoms with Gasteiger partial charge < -0.3 is 16.2 Å². The molecule has 0 aliphatic heterocycles. The fourth-order valence-corrected chi connectivity index (χ4v) is 4.02. The van der Waals surface area contributed by atoms with Crippen LogP contribution in [0.3, 0.4) is 0 Å². The van der Waals surface area contributed by atoms with Gasteiger partial charge in [0.25, 0.3) is 0 Å². The molecule has 0 aliphatic rings. The number of primary amides is 1. The largest absolute Gasteiger partial charge is 0.443 e. The van der Waals surface area contributed by atoms with Gasteiger partial charge in [-0.25, -0.2) is 4.79 Å². The van der Waals surface area contributed by atoms with Crippen LogP contribution >= 0.6 is 0 Å². The number of carbonyl (C=O) groups excluding carboxylic acids is 2. The van der Waals surface area contributed by atoms with Crippen LogP contribution in [0.4, 0.5) is 10.5 Å². The van der Waals surface area contributed by atoms with E-state index in [2.05, 4.69) is 13.8 Å². The van der Waals surface area contributed by atoms with Gasteiger partial charge in [-0.2, -0.15) is 0 Å². The number of ether oxygens (including phenoxy) is 1. The number of carbonyl (C=O) groups is 2. The number of aromatic nitrogens is 1. The summed E-state index contributed by atoms with van der Waals surface area (Å²) in [5.74, 6) is -0.265. The van der Waals surface area contributed by atoms with E-state index in [1.54, 1.807) is 19.2 Å². The van der Waals surface area contributed by atoms with Gasteiger partial charge in [-0.1, -0.05) is 56.3 Å². The predicted molar refractivity (Wildman–Crippen MR) is 145 cm³/mol. The van der Waals surface area contributed by atoms with Gasteiger partial charge >= 0.3 is 6.09 Å². The molecule has 1 aromatic heterocycles. The third kappa shape index (κ3) is 6.29. The number of nitrogens with zero attached hydrogens (tertiary/aromatic N) is 2. The summed E-state index contributed by atoms with van der Waals surface area (Å²) in [7, 11) is 1.70. The summed E-state index contributed by atoms with van der Waals surface area (Å²) in [6.07, 6.45) is 0.141. The number of rotatable bonds is 7. The lowest BCUT2D eigenvalue weighted by atomic mass is 9.94. The normalized spacial score (nSPS) is 11.4. The minimum atomic E-state index is -0.652. The SMILES string of the molecule is CC(C)Cc1nc(-c2ccccc2C(N)=O)cc(-c2ccc(CN)cc2)c1N(C)C(=O)OC(C)(C)C. The van der Waals surface area contributed by atoms with Gasteiger partial charge in [0.15, 0.2) is 0 Å². The number of hydrogen-bond donors (Lipinski definition) is 2. The van der Waals surface area contributed by atoms with Crippen LogP contribution in [0.5, 0.6) is 0 Å². The highest BCUT2D eigenvalue weighted by molar-refractivity contribution is 6.01. The van der Waals surface area contributed by atoms with E-state index in [0.29, 0.717) is 35.5 Å². The Hall–Kier alpha value is -3.71. The lowest BCUT2D eigenvalue weighted by molar-refractivity contribution is 0.0589. The number of anilines is 1. The average molecular weight is 489 g/mol. The van der Waals surface area contributed by atoms with Gasteiger partial charge in [0, 0.05) is 30.3 Å². The summed E-state index contributed by atoms with van der Waals surface area (Å²) in [5, 5.41) is 0. The molecule has 0 spiro atoms. The summed E-state index contributed by atoms with van der Waals surface area (Å²) in [4.78, 5) is 31.9. The van der Waals surface area contributed by atoms with Crippen LogP contribution in [0.25, 0.3) is 22.4 Å². The third-order valence-corrected chi connectivity index (χ3v) is 5.64. The monoisotopic (exact) mass is 488 g/mol. The standard InChI is InChI=1S/C29H36N4O3/c1-18(2)15-25-26(33(6)28(35)36-29(3,4)5)23(20-13-11-19(17-30)12-14-20)16-24(32-25)21-9-7-8-10-22(21)27(31)34/h7-14,16,18H,15,17,30H2,1-6H3,(H2,31,34). The molecule has 3 rings (SSSR count). The minimum Gasteiger partial charge on any atom is -0.443 e. The van der Waals surface area contributed by atoms with E-state index in [1.165, 1.54) is 4.90 Å². The fraction of sp³-hybridized carbons (Fsp3) is 0.345. The van der Waals surface area contributed by atoms with Crippen LogP contribution in [-0.2, 0) is 17.7 Å². The van der Waals surface area contributed by atoms with Crippen molar-refractivity contribution in [2.45, 2.75) is 53.2 Å². The molecular weight excluding hydrogens is 452 g/mol. The maximum absolute atomic E-state index is 13.2. The van der Waals surface area contributed by atoms with Crippen molar-refractivity contribution in [3.05, 3.63) is 71.4 Å². The Balaban J connectivity index is 2.33. The van der Waals surface area contributed by atoms with E-state index < -0.39 is 17.6 Å². The molecule has 0 aliphatic carbocycles. The lowest BCUT2D eigenvalue weighted by Crippen LogP contribution is -2.35. The minimum absolute atomic E-state index is 0.261. The molecule has 4 N–H and O–H groups in total. The molecule has 7 nitrogen and oxygen atoms in total. The second-order valence-corrected chi connectivity index (χ2v) is 10.3. The van der Waals surface area contributed by atoms with Crippen molar-refractivity contribution in [3.63, 3.8) is 0 Å². The molecular formula is C29H36N4O3. The molecule has 190 valence electrons. The highest BCUT2D eigenvalue weighted by Crippen LogP contribution is 2.38. The zero-order valence-corrected chi connectivity index (χ0v) is 22.0. The van der Waals surface area contributed by atoms with Crippen molar-refractivity contribution in [1.29, 1.82) is 0 Å². The summed E-state index contributed by atoms with van der Waals surface area (Å²) < 4.78 is 5.69. The zero-order valence-electron chi connectivity index (χ0n) is 22.0. The Labute approximate surface area is 213 Å². The van der Waals surface area contributed by atoms with Gasteiger partial charge in [-0.15, -0.1) is 0 Å². The Kier molecular flexibility index (Phi) is 8.15. The van der Waals surface area contributed by atoms with E-state index in [4.69, 9.17) is 21.2 Å². The molecule has 0 fully saturated rings. The van der Waals surface area contributed by atoms with E-state index in [-0.39, 0.29) is 5.92 Å². The fourth-order valence-electron chi connectivity index (χ4n) is 4.02. The number of nitrogens with two attached hydrogens (primary N) is 2. The molecule has 0 saturated carbocycles. The molecule has 3 aromatic rings. The van der Waals surface area contributed by atoms with Crippen LogP contribution in [0.1, 0.15) is 56.2 Å². The molecule has 0 saturated heterocycles. The quantitative estimate of drug-likeness (QED) is 0.453. The first-order chi connectivity index (χ1) is 16.9. The van der Waals surface area contributed by atoms with Gasteiger partial charge in [-0.3, -0.25) is 14.7 Å². The van der Waals surface area contributed by atoms with Crippen molar-refractivity contribution in [2.24, 2.45) is 17.4 Å². The second-order valence-electron chi connectivity index (χ2n) is 10.3. The number of hydrogen-bond acceptors (Lipinski definition) is 5. The van der Waals surface area contributed by atoms with Crippen LogP contribution in [0, 0.1) is 5.92 Å². The van der Waals surface area contributed by atoms with Crippen molar-refractivity contribution >= 4 is 17.7 Å². The highest BCUT2D eigenvalue weighted by Gasteiger charge is 2.27. The average Bonchev–Trinajstić information content (AvgIpc) is 2.81. The number of pyridine rings is 1. The Bertz CT molecular complexity index is 1240. The molecule has 0 bridgehead atoms. The third-order valence-electron chi connectivity index (χ3n) is 5.64. The molecule has 2 amide bonds. The summed E-state index contributed by atoms with van der Waals surface area (Å²) in [5.41, 5.74) is 16.6. The lowest BCUT2D eigenvalue weighted by Gasteiger charge is -2.28. The molecule has 36 heavy (non-hydrogen) atoms. The first kappa shape index (κ1) is 26.9. The van der Waals surface area contributed by atoms with Crippen molar-refractivity contribution in [2.75, 3.05) is 11.9 Å². The molecule has 0 radical (unpaired) electrons. The van der Waals surface area contributed by atoms with Crippen LogP contribution in [-0.4, -0.2) is 29.6 Å². The second kappa shape index (κ2) is 10.9. The summed E-state index contributed by atoms with van der Waals surface area (Å²) >= 11 is 0.